The van der Waals surface area contributed by atoms with Crippen LogP contribution in [0.4, 0.5) is 0 Å². The number of rotatable bonds is 3. The molecule has 0 spiro atoms. The van der Waals surface area contributed by atoms with E-state index in [9.17, 15) is 0 Å². The topological polar surface area (TPSA) is 21.6 Å². The molecule has 76 valence electrons. The highest BCUT2D eigenvalue weighted by atomic mass is 35.5. The smallest absolute Gasteiger partial charge is 0.131 e. The van der Waals surface area contributed by atoms with Gasteiger partial charge >= 0.3 is 0 Å². The highest BCUT2D eigenvalue weighted by Gasteiger charge is 2.10. The molecule has 0 aliphatic carbocycles. The molecule has 0 radical (unpaired) electrons. The van der Waals surface area contributed by atoms with Crippen molar-refractivity contribution in [2.24, 2.45) is 4.99 Å². The summed E-state index contributed by atoms with van der Waals surface area (Å²) in [4.78, 5) is 4.07. The maximum absolute atomic E-state index is 5.85. The monoisotopic (exact) mass is 211 g/mol. The normalized spacial score (nSPS) is 16.9. The van der Waals surface area contributed by atoms with E-state index in [1.165, 1.54) is 0 Å². The lowest BCUT2D eigenvalue weighted by Crippen LogP contribution is -1.95. The second-order valence-electron chi connectivity index (χ2n) is 3.03. The molecular weight excluding hydrogens is 198 g/mol. The van der Waals surface area contributed by atoms with Crippen LogP contribution in [0.25, 0.3) is 0 Å². The van der Waals surface area contributed by atoms with Crippen molar-refractivity contribution in [1.29, 1.82) is 0 Å². The van der Waals surface area contributed by atoms with Crippen LogP contribution in [0.1, 0.15) is 19.8 Å². The van der Waals surface area contributed by atoms with Crippen molar-refractivity contribution in [2.45, 2.75) is 19.8 Å². The standard InChI is InChI=1S/C11H14ClNO/c1-4-14-9(3)10-6-5-8(2)11(12)13-7-10/h7H,2-6H2,1H3. The van der Waals surface area contributed by atoms with Gasteiger partial charge in [-0.05, 0) is 25.3 Å². The third kappa shape index (κ3) is 2.74. The fraction of sp³-hybridized carbons (Fsp3) is 0.364. The van der Waals surface area contributed by atoms with Gasteiger partial charge in [0, 0.05) is 11.8 Å². The SMILES string of the molecule is C=C1CCC(C(=C)OCC)=CN=C1Cl. The van der Waals surface area contributed by atoms with Gasteiger partial charge in [-0.2, -0.15) is 0 Å². The zero-order valence-corrected chi connectivity index (χ0v) is 9.10. The van der Waals surface area contributed by atoms with E-state index in [1.807, 2.05) is 6.92 Å². The van der Waals surface area contributed by atoms with Gasteiger partial charge in [0.1, 0.15) is 10.9 Å². The first-order valence-corrected chi connectivity index (χ1v) is 4.95. The van der Waals surface area contributed by atoms with Crippen molar-refractivity contribution >= 4 is 16.8 Å². The van der Waals surface area contributed by atoms with Crippen molar-refractivity contribution in [3.05, 3.63) is 36.3 Å². The predicted octanol–water partition coefficient (Wildman–Crippen LogP) is 3.41. The van der Waals surface area contributed by atoms with Gasteiger partial charge < -0.3 is 4.74 Å². The zero-order valence-electron chi connectivity index (χ0n) is 8.35. The number of allylic oxidation sites excluding steroid dienone is 2. The van der Waals surface area contributed by atoms with Crippen molar-refractivity contribution in [1.82, 2.24) is 0 Å². The largest absolute Gasteiger partial charge is 0.494 e. The van der Waals surface area contributed by atoms with Crippen molar-refractivity contribution < 1.29 is 4.74 Å². The van der Waals surface area contributed by atoms with Crippen LogP contribution in [-0.2, 0) is 4.74 Å². The number of ether oxygens (including phenoxy) is 1. The van der Waals surface area contributed by atoms with E-state index in [1.54, 1.807) is 6.20 Å². The lowest BCUT2D eigenvalue weighted by atomic mass is 10.1. The number of halogens is 1. The molecule has 0 aromatic rings. The summed E-state index contributed by atoms with van der Waals surface area (Å²) in [6, 6.07) is 0. The Morgan fingerprint density at radius 1 is 1.64 bits per heavy atom. The van der Waals surface area contributed by atoms with Crippen molar-refractivity contribution in [3.8, 4) is 0 Å². The Hall–Kier alpha value is -1.02. The minimum absolute atomic E-state index is 0.476. The van der Waals surface area contributed by atoms with E-state index in [4.69, 9.17) is 16.3 Å². The summed E-state index contributed by atoms with van der Waals surface area (Å²) in [5, 5.41) is 0.476. The summed E-state index contributed by atoms with van der Waals surface area (Å²) >= 11 is 5.85. The Morgan fingerprint density at radius 3 is 3.00 bits per heavy atom. The third-order valence-corrected chi connectivity index (χ3v) is 2.36. The molecule has 1 rings (SSSR count). The molecule has 0 amide bonds. The van der Waals surface area contributed by atoms with E-state index in [-0.39, 0.29) is 0 Å². The van der Waals surface area contributed by atoms with E-state index < -0.39 is 0 Å². The molecule has 0 unspecified atom stereocenters. The fourth-order valence-electron chi connectivity index (χ4n) is 1.16. The third-order valence-electron chi connectivity index (χ3n) is 2.00. The summed E-state index contributed by atoms with van der Waals surface area (Å²) in [6.07, 6.45) is 3.34. The average Bonchev–Trinajstić information content (AvgIpc) is 2.31. The number of aliphatic imine (C=N–C) groups is 1. The number of hydrogen-bond donors (Lipinski definition) is 0. The van der Waals surface area contributed by atoms with Gasteiger partial charge in [-0.25, -0.2) is 4.99 Å². The van der Waals surface area contributed by atoms with Gasteiger partial charge in [-0.1, -0.05) is 24.8 Å². The van der Waals surface area contributed by atoms with Gasteiger partial charge in [0.2, 0.25) is 0 Å². The summed E-state index contributed by atoms with van der Waals surface area (Å²) in [5.41, 5.74) is 1.85. The number of hydrogen-bond acceptors (Lipinski definition) is 2. The number of nitrogens with zero attached hydrogens (tertiary/aromatic N) is 1. The maximum atomic E-state index is 5.85. The Labute approximate surface area is 89.6 Å². The molecule has 0 atom stereocenters. The fourth-order valence-corrected chi connectivity index (χ4v) is 1.30. The van der Waals surface area contributed by atoms with Gasteiger partial charge in [0.05, 0.1) is 6.61 Å². The van der Waals surface area contributed by atoms with Crippen molar-refractivity contribution in [3.63, 3.8) is 0 Å². The van der Waals surface area contributed by atoms with E-state index in [0.29, 0.717) is 17.5 Å². The summed E-state index contributed by atoms with van der Waals surface area (Å²) < 4.78 is 5.30. The molecule has 1 heterocycles. The maximum Gasteiger partial charge on any atom is 0.131 e. The minimum Gasteiger partial charge on any atom is -0.494 e. The molecule has 14 heavy (non-hydrogen) atoms. The summed E-state index contributed by atoms with van der Waals surface area (Å²) in [7, 11) is 0. The van der Waals surface area contributed by atoms with Crippen LogP contribution in [0, 0.1) is 0 Å². The van der Waals surface area contributed by atoms with Crippen LogP contribution >= 0.6 is 11.6 Å². The molecular formula is C11H14ClNO. The van der Waals surface area contributed by atoms with E-state index >= 15 is 0 Å². The quantitative estimate of drug-likeness (QED) is 0.656. The van der Waals surface area contributed by atoms with E-state index in [0.717, 1.165) is 24.0 Å². The van der Waals surface area contributed by atoms with Crippen molar-refractivity contribution in [2.75, 3.05) is 6.61 Å². The molecule has 0 bridgehead atoms. The first kappa shape index (κ1) is 11.1. The predicted molar refractivity (Wildman–Crippen MR) is 60.5 cm³/mol. The van der Waals surface area contributed by atoms with Crippen LogP contribution in [-0.4, -0.2) is 11.8 Å². The van der Waals surface area contributed by atoms with E-state index in [2.05, 4.69) is 18.2 Å². The van der Waals surface area contributed by atoms with Crippen LogP contribution in [0.15, 0.2) is 41.3 Å². The van der Waals surface area contributed by atoms with Gasteiger partial charge in [-0.3, -0.25) is 0 Å². The Balaban J connectivity index is 2.74. The lowest BCUT2D eigenvalue weighted by molar-refractivity contribution is 0.237. The van der Waals surface area contributed by atoms with Gasteiger partial charge in [0.15, 0.2) is 0 Å². The summed E-state index contributed by atoms with van der Waals surface area (Å²) in [5.74, 6) is 0.676. The highest BCUT2D eigenvalue weighted by Crippen LogP contribution is 2.23. The first-order valence-electron chi connectivity index (χ1n) is 4.57. The van der Waals surface area contributed by atoms with Crippen LogP contribution in [0.5, 0.6) is 0 Å². The molecule has 0 aromatic heterocycles. The second kappa shape index (κ2) is 5.01. The Morgan fingerprint density at radius 2 is 2.36 bits per heavy atom. The van der Waals surface area contributed by atoms with Crippen LogP contribution in [0.3, 0.4) is 0 Å². The second-order valence-corrected chi connectivity index (χ2v) is 3.39. The van der Waals surface area contributed by atoms with Gasteiger partial charge in [-0.15, -0.1) is 0 Å². The lowest BCUT2D eigenvalue weighted by Gasteiger charge is -2.08. The summed E-state index contributed by atoms with van der Waals surface area (Å²) in [6.45, 7) is 10.2. The highest BCUT2D eigenvalue weighted by molar-refractivity contribution is 6.69. The Kier molecular flexibility index (Phi) is 3.96. The Bertz CT molecular complexity index is 315. The molecule has 0 aromatic carbocycles. The van der Waals surface area contributed by atoms with Crippen LogP contribution < -0.4 is 0 Å². The molecule has 0 fully saturated rings. The molecule has 1 aliphatic heterocycles. The molecule has 0 saturated carbocycles. The van der Waals surface area contributed by atoms with Crippen LogP contribution in [0.2, 0.25) is 0 Å². The zero-order chi connectivity index (χ0) is 10.6. The molecule has 0 N–H and O–H groups in total. The molecule has 0 saturated heterocycles. The average molecular weight is 212 g/mol. The molecule has 3 heteroatoms. The minimum atomic E-state index is 0.476. The first-order chi connectivity index (χ1) is 6.65. The molecule has 2 nitrogen and oxygen atoms in total. The molecule has 1 aliphatic rings. The van der Waals surface area contributed by atoms with Gasteiger partial charge in [0.25, 0.3) is 0 Å².